The van der Waals surface area contributed by atoms with Crippen molar-refractivity contribution in [2.45, 2.75) is 6.54 Å². The van der Waals surface area contributed by atoms with Crippen LogP contribution in [0.3, 0.4) is 0 Å². The predicted octanol–water partition coefficient (Wildman–Crippen LogP) is 4.11. The van der Waals surface area contributed by atoms with Gasteiger partial charge in [-0.3, -0.25) is 0 Å². The van der Waals surface area contributed by atoms with Crippen LogP contribution in [0.1, 0.15) is 5.56 Å². The molecule has 7 heteroatoms. The lowest BCUT2D eigenvalue weighted by molar-refractivity contribution is 1.05. The zero-order chi connectivity index (χ0) is 11.5. The smallest absolute Gasteiger partial charge is 0.205 e. The second-order valence-electron chi connectivity index (χ2n) is 2.92. The maximum atomic E-state index is 6.05. The Bertz CT molecular complexity index is 487. The van der Waals surface area contributed by atoms with Crippen LogP contribution in [0.2, 0.25) is 15.1 Å². The maximum Gasteiger partial charge on any atom is 0.205 e. The molecule has 2 aromatic rings. The number of nitrogens with zero attached hydrogens (tertiary/aromatic N) is 2. The van der Waals surface area contributed by atoms with Gasteiger partial charge in [-0.05, 0) is 12.1 Å². The molecule has 0 aliphatic heterocycles. The van der Waals surface area contributed by atoms with E-state index in [0.29, 0.717) is 26.7 Å². The van der Waals surface area contributed by atoms with E-state index in [-0.39, 0.29) is 0 Å². The van der Waals surface area contributed by atoms with Crippen molar-refractivity contribution in [3.05, 3.63) is 38.3 Å². The summed E-state index contributed by atoms with van der Waals surface area (Å²) < 4.78 is 0. The molecule has 1 aromatic heterocycles. The lowest BCUT2D eigenvalue weighted by Crippen LogP contribution is -2.00. The van der Waals surface area contributed by atoms with Crippen molar-refractivity contribution >= 4 is 51.3 Å². The van der Waals surface area contributed by atoms with Crippen LogP contribution in [0.4, 0.5) is 5.13 Å². The van der Waals surface area contributed by atoms with Crippen molar-refractivity contribution in [1.29, 1.82) is 0 Å². The SMILES string of the molecule is Clc1ccc(Cl)c(CNc2nncs2)c1Cl. The molecule has 0 fully saturated rings. The third-order valence-electron chi connectivity index (χ3n) is 1.92. The van der Waals surface area contributed by atoms with Crippen LogP contribution in [0.5, 0.6) is 0 Å². The zero-order valence-electron chi connectivity index (χ0n) is 7.88. The highest BCUT2D eigenvalue weighted by Gasteiger charge is 2.09. The van der Waals surface area contributed by atoms with Gasteiger partial charge < -0.3 is 5.32 Å². The van der Waals surface area contributed by atoms with Crippen molar-refractivity contribution in [2.75, 3.05) is 5.32 Å². The first kappa shape index (κ1) is 11.9. The van der Waals surface area contributed by atoms with Crippen LogP contribution >= 0.6 is 46.1 Å². The summed E-state index contributed by atoms with van der Waals surface area (Å²) in [6, 6.07) is 3.38. The standard InChI is InChI=1S/C9H6Cl3N3S/c10-6-1-2-7(11)8(12)5(6)3-13-9-15-14-4-16-9/h1-2,4H,3H2,(H,13,15). The third kappa shape index (κ3) is 2.58. The first-order chi connectivity index (χ1) is 7.68. The van der Waals surface area contributed by atoms with Crippen LogP contribution in [0, 0.1) is 0 Å². The Morgan fingerprint density at radius 2 is 1.94 bits per heavy atom. The molecule has 0 amide bonds. The number of benzene rings is 1. The Morgan fingerprint density at radius 3 is 2.62 bits per heavy atom. The molecule has 0 radical (unpaired) electrons. The number of aromatic nitrogens is 2. The minimum Gasteiger partial charge on any atom is -0.356 e. The Balaban J connectivity index is 2.18. The molecule has 84 valence electrons. The van der Waals surface area contributed by atoms with E-state index in [1.807, 2.05) is 0 Å². The van der Waals surface area contributed by atoms with E-state index in [4.69, 9.17) is 34.8 Å². The average molecular weight is 295 g/mol. The van der Waals surface area contributed by atoms with Crippen molar-refractivity contribution in [3.8, 4) is 0 Å². The molecule has 1 heterocycles. The predicted molar refractivity (Wildman–Crippen MR) is 68.7 cm³/mol. The first-order valence-electron chi connectivity index (χ1n) is 4.31. The van der Waals surface area contributed by atoms with Crippen molar-refractivity contribution in [2.24, 2.45) is 0 Å². The average Bonchev–Trinajstić information content (AvgIpc) is 2.77. The van der Waals surface area contributed by atoms with E-state index in [2.05, 4.69) is 15.5 Å². The number of anilines is 1. The van der Waals surface area contributed by atoms with Gasteiger partial charge in [0.1, 0.15) is 5.51 Å². The Kier molecular flexibility index (Phi) is 3.86. The fourth-order valence-electron chi connectivity index (χ4n) is 1.15. The summed E-state index contributed by atoms with van der Waals surface area (Å²) in [6.07, 6.45) is 0. The summed E-state index contributed by atoms with van der Waals surface area (Å²) in [5.41, 5.74) is 2.40. The Labute approximate surface area is 111 Å². The van der Waals surface area contributed by atoms with E-state index in [0.717, 1.165) is 5.56 Å². The zero-order valence-corrected chi connectivity index (χ0v) is 11.0. The van der Waals surface area contributed by atoms with Crippen molar-refractivity contribution in [3.63, 3.8) is 0 Å². The summed E-state index contributed by atoms with van der Waals surface area (Å²) in [4.78, 5) is 0. The Morgan fingerprint density at radius 1 is 1.19 bits per heavy atom. The van der Waals surface area contributed by atoms with E-state index >= 15 is 0 Å². The maximum absolute atomic E-state index is 6.05. The van der Waals surface area contributed by atoms with Crippen LogP contribution in [0.15, 0.2) is 17.6 Å². The summed E-state index contributed by atoms with van der Waals surface area (Å²) >= 11 is 19.4. The lowest BCUT2D eigenvalue weighted by atomic mass is 10.2. The normalized spacial score (nSPS) is 10.4. The fraction of sp³-hybridized carbons (Fsp3) is 0.111. The molecule has 2 rings (SSSR count). The second kappa shape index (κ2) is 5.19. The minimum atomic E-state index is 0.464. The van der Waals surface area contributed by atoms with Gasteiger partial charge in [-0.1, -0.05) is 46.1 Å². The van der Waals surface area contributed by atoms with Crippen molar-refractivity contribution < 1.29 is 0 Å². The third-order valence-corrected chi connectivity index (χ3v) is 3.76. The summed E-state index contributed by atoms with van der Waals surface area (Å²) in [5, 5.41) is 12.9. The van der Waals surface area contributed by atoms with E-state index < -0.39 is 0 Å². The topological polar surface area (TPSA) is 37.8 Å². The highest BCUT2D eigenvalue weighted by molar-refractivity contribution is 7.13. The monoisotopic (exact) mass is 293 g/mol. The van der Waals surface area contributed by atoms with Crippen molar-refractivity contribution in [1.82, 2.24) is 10.2 Å². The van der Waals surface area contributed by atoms with Gasteiger partial charge in [0.15, 0.2) is 0 Å². The molecule has 0 atom stereocenters. The number of hydrogen-bond donors (Lipinski definition) is 1. The van der Waals surface area contributed by atoms with Gasteiger partial charge in [0.2, 0.25) is 5.13 Å². The van der Waals surface area contributed by atoms with Gasteiger partial charge in [0, 0.05) is 17.1 Å². The number of hydrogen-bond acceptors (Lipinski definition) is 4. The molecule has 16 heavy (non-hydrogen) atoms. The molecule has 1 N–H and O–H groups in total. The van der Waals surface area contributed by atoms with E-state index in [1.54, 1.807) is 17.6 Å². The van der Waals surface area contributed by atoms with Gasteiger partial charge in [0.25, 0.3) is 0 Å². The Hall–Kier alpha value is -0.550. The van der Waals surface area contributed by atoms with E-state index in [9.17, 15) is 0 Å². The van der Waals surface area contributed by atoms with Gasteiger partial charge in [-0.25, -0.2) is 0 Å². The number of nitrogens with one attached hydrogen (secondary N) is 1. The molecule has 1 aromatic carbocycles. The summed E-state index contributed by atoms with van der Waals surface area (Å²) in [6.45, 7) is 0.466. The van der Waals surface area contributed by atoms with Crippen LogP contribution in [-0.4, -0.2) is 10.2 Å². The van der Waals surface area contributed by atoms with Gasteiger partial charge >= 0.3 is 0 Å². The molecule has 0 saturated carbocycles. The molecule has 0 aliphatic rings. The van der Waals surface area contributed by atoms with Gasteiger partial charge in [0.05, 0.1) is 10.0 Å². The summed E-state index contributed by atoms with van der Waals surface area (Å²) in [7, 11) is 0. The van der Waals surface area contributed by atoms with E-state index in [1.165, 1.54) is 11.3 Å². The molecule has 0 unspecified atom stereocenters. The second-order valence-corrected chi connectivity index (χ2v) is 4.94. The number of halogens is 3. The minimum absolute atomic E-state index is 0.464. The number of rotatable bonds is 3. The highest BCUT2D eigenvalue weighted by atomic mass is 35.5. The first-order valence-corrected chi connectivity index (χ1v) is 6.32. The molecular weight excluding hydrogens is 289 g/mol. The molecule has 0 spiro atoms. The van der Waals surface area contributed by atoms with Gasteiger partial charge in [-0.2, -0.15) is 0 Å². The molecule has 0 bridgehead atoms. The largest absolute Gasteiger partial charge is 0.356 e. The van der Waals surface area contributed by atoms with Gasteiger partial charge in [-0.15, -0.1) is 10.2 Å². The molecule has 0 aliphatic carbocycles. The summed E-state index contributed by atoms with van der Waals surface area (Å²) in [5.74, 6) is 0. The van der Waals surface area contributed by atoms with Crippen LogP contribution in [0.25, 0.3) is 0 Å². The quantitative estimate of drug-likeness (QED) is 0.866. The highest BCUT2D eigenvalue weighted by Crippen LogP contribution is 2.31. The molecule has 3 nitrogen and oxygen atoms in total. The molecule has 0 saturated heterocycles. The lowest BCUT2D eigenvalue weighted by Gasteiger charge is -2.08. The van der Waals surface area contributed by atoms with Crippen LogP contribution in [-0.2, 0) is 6.54 Å². The van der Waals surface area contributed by atoms with Crippen LogP contribution < -0.4 is 5.32 Å². The fourth-order valence-corrected chi connectivity index (χ4v) is 2.27. The molecular formula is C9H6Cl3N3S.